The van der Waals surface area contributed by atoms with Crippen LogP contribution >= 0.6 is 0 Å². The number of fused-ring (bicyclic) bond motifs is 1. The van der Waals surface area contributed by atoms with Gasteiger partial charge in [0.05, 0.1) is 5.69 Å². The highest BCUT2D eigenvalue weighted by atomic mass is 16.5. The van der Waals surface area contributed by atoms with Crippen molar-refractivity contribution in [2.45, 2.75) is 19.3 Å². The molecule has 1 heterocycles. The van der Waals surface area contributed by atoms with Crippen LogP contribution in [0.2, 0.25) is 0 Å². The lowest BCUT2D eigenvalue weighted by Gasteiger charge is -1.87. The van der Waals surface area contributed by atoms with Crippen LogP contribution in [0.4, 0.5) is 0 Å². The minimum absolute atomic E-state index is 0.0255. The minimum Gasteiger partial charge on any atom is -0.475 e. The highest BCUT2D eigenvalue weighted by Gasteiger charge is 2.24. The maximum absolute atomic E-state index is 10.5. The Labute approximate surface area is 62.8 Å². The Morgan fingerprint density at radius 2 is 2.36 bits per heavy atom. The minimum atomic E-state index is -1.01. The summed E-state index contributed by atoms with van der Waals surface area (Å²) in [5, 5.41) is 12.3. The van der Waals surface area contributed by atoms with Gasteiger partial charge in [-0.2, -0.15) is 0 Å². The molecule has 0 aliphatic heterocycles. The van der Waals surface area contributed by atoms with E-state index in [1.807, 2.05) is 0 Å². The van der Waals surface area contributed by atoms with E-state index in [9.17, 15) is 4.79 Å². The van der Waals surface area contributed by atoms with Crippen molar-refractivity contribution >= 4 is 5.97 Å². The van der Waals surface area contributed by atoms with Crippen LogP contribution in [0.25, 0.3) is 0 Å². The highest BCUT2D eigenvalue weighted by Crippen LogP contribution is 2.24. The molecule has 1 aromatic heterocycles. The summed E-state index contributed by atoms with van der Waals surface area (Å²) in [5.74, 6) is -0.988. The third kappa shape index (κ3) is 0.824. The number of carboxylic acid groups (broad SMARTS) is 1. The second-order valence-corrected chi connectivity index (χ2v) is 2.60. The Morgan fingerprint density at radius 1 is 1.55 bits per heavy atom. The quantitative estimate of drug-likeness (QED) is 0.649. The Bertz CT molecular complexity index is 303. The van der Waals surface area contributed by atoms with E-state index >= 15 is 0 Å². The van der Waals surface area contributed by atoms with Crippen LogP contribution in [-0.4, -0.2) is 16.2 Å². The molecule has 0 atom stereocenters. The summed E-state index contributed by atoms with van der Waals surface area (Å²) < 4.78 is 4.65. The van der Waals surface area contributed by atoms with Gasteiger partial charge in [-0.1, -0.05) is 5.16 Å². The van der Waals surface area contributed by atoms with Gasteiger partial charge >= 0.3 is 5.97 Å². The van der Waals surface area contributed by atoms with E-state index in [1.165, 1.54) is 0 Å². The third-order valence-corrected chi connectivity index (χ3v) is 1.90. The van der Waals surface area contributed by atoms with Gasteiger partial charge in [-0.3, -0.25) is 0 Å². The van der Waals surface area contributed by atoms with E-state index in [1.54, 1.807) is 0 Å². The standard InChI is InChI=1S/C7H7NO3/c9-7(10)6-4-2-1-3-5(4)8-11-6/h1-3H2,(H,9,10). The van der Waals surface area contributed by atoms with E-state index in [0.717, 1.165) is 30.5 Å². The number of nitrogens with zero attached hydrogens (tertiary/aromatic N) is 1. The summed E-state index contributed by atoms with van der Waals surface area (Å²) in [6.45, 7) is 0. The highest BCUT2D eigenvalue weighted by molar-refractivity contribution is 5.86. The monoisotopic (exact) mass is 153 g/mol. The Hall–Kier alpha value is -1.32. The van der Waals surface area contributed by atoms with Crippen molar-refractivity contribution in [1.29, 1.82) is 0 Å². The fraction of sp³-hybridized carbons (Fsp3) is 0.429. The van der Waals surface area contributed by atoms with E-state index < -0.39 is 5.97 Å². The van der Waals surface area contributed by atoms with Gasteiger partial charge in [0, 0.05) is 5.56 Å². The molecule has 1 aliphatic carbocycles. The molecule has 1 aliphatic rings. The molecule has 0 unspecified atom stereocenters. The van der Waals surface area contributed by atoms with Crippen molar-refractivity contribution in [2.75, 3.05) is 0 Å². The van der Waals surface area contributed by atoms with Gasteiger partial charge in [-0.25, -0.2) is 4.79 Å². The van der Waals surface area contributed by atoms with Crippen molar-refractivity contribution in [3.63, 3.8) is 0 Å². The average molecular weight is 153 g/mol. The van der Waals surface area contributed by atoms with Crippen molar-refractivity contribution in [1.82, 2.24) is 5.16 Å². The van der Waals surface area contributed by atoms with Gasteiger partial charge in [0.15, 0.2) is 0 Å². The molecule has 0 bridgehead atoms. The summed E-state index contributed by atoms with van der Waals surface area (Å²) in [4.78, 5) is 10.5. The molecule has 0 amide bonds. The Kier molecular flexibility index (Phi) is 1.21. The first-order chi connectivity index (χ1) is 5.29. The van der Waals surface area contributed by atoms with E-state index in [0.29, 0.717) is 0 Å². The molecule has 0 radical (unpaired) electrons. The molecular formula is C7H7NO3. The predicted molar refractivity (Wildman–Crippen MR) is 35.5 cm³/mol. The molecule has 4 nitrogen and oxygen atoms in total. The molecule has 0 aromatic carbocycles. The molecule has 0 saturated carbocycles. The molecular weight excluding hydrogens is 146 g/mol. The van der Waals surface area contributed by atoms with Gasteiger partial charge in [-0.15, -0.1) is 0 Å². The van der Waals surface area contributed by atoms with Crippen LogP contribution in [0.1, 0.15) is 28.2 Å². The van der Waals surface area contributed by atoms with Crippen LogP contribution in [0.15, 0.2) is 4.52 Å². The molecule has 58 valence electrons. The topological polar surface area (TPSA) is 63.3 Å². The van der Waals surface area contributed by atoms with Crippen LogP contribution in [0.5, 0.6) is 0 Å². The number of hydrogen-bond donors (Lipinski definition) is 1. The zero-order valence-electron chi connectivity index (χ0n) is 5.83. The van der Waals surface area contributed by atoms with Gasteiger partial charge in [0.1, 0.15) is 0 Å². The number of aromatic carboxylic acids is 1. The van der Waals surface area contributed by atoms with Crippen molar-refractivity contribution < 1.29 is 14.4 Å². The van der Waals surface area contributed by atoms with Crippen LogP contribution in [-0.2, 0) is 12.8 Å². The summed E-state index contributed by atoms with van der Waals surface area (Å²) in [6.07, 6.45) is 2.64. The predicted octanol–water partition coefficient (Wildman–Crippen LogP) is 0.862. The zero-order valence-corrected chi connectivity index (χ0v) is 5.83. The Balaban J connectivity index is 2.50. The van der Waals surface area contributed by atoms with E-state index in [4.69, 9.17) is 5.11 Å². The third-order valence-electron chi connectivity index (χ3n) is 1.90. The van der Waals surface area contributed by atoms with Gasteiger partial charge in [-0.05, 0) is 19.3 Å². The van der Waals surface area contributed by atoms with Crippen molar-refractivity contribution in [3.05, 3.63) is 17.0 Å². The molecule has 2 rings (SSSR count). The van der Waals surface area contributed by atoms with E-state index in [2.05, 4.69) is 9.68 Å². The zero-order chi connectivity index (χ0) is 7.84. The molecule has 0 spiro atoms. The van der Waals surface area contributed by atoms with Crippen molar-refractivity contribution in [2.24, 2.45) is 0 Å². The number of hydrogen-bond acceptors (Lipinski definition) is 3. The summed E-state index contributed by atoms with van der Waals surface area (Å²) in [6, 6.07) is 0. The number of carboxylic acids is 1. The molecule has 11 heavy (non-hydrogen) atoms. The smallest absolute Gasteiger partial charge is 0.375 e. The van der Waals surface area contributed by atoms with Crippen molar-refractivity contribution in [3.8, 4) is 0 Å². The van der Waals surface area contributed by atoms with E-state index in [-0.39, 0.29) is 5.76 Å². The second kappa shape index (κ2) is 2.08. The fourth-order valence-electron chi connectivity index (χ4n) is 1.40. The van der Waals surface area contributed by atoms with Gasteiger partial charge < -0.3 is 9.63 Å². The first-order valence-electron chi connectivity index (χ1n) is 3.50. The van der Waals surface area contributed by atoms with Gasteiger partial charge in [0.2, 0.25) is 5.76 Å². The largest absolute Gasteiger partial charge is 0.475 e. The van der Waals surface area contributed by atoms with Crippen LogP contribution in [0, 0.1) is 0 Å². The van der Waals surface area contributed by atoms with Crippen LogP contribution < -0.4 is 0 Å². The molecule has 0 fully saturated rings. The Morgan fingerprint density at radius 3 is 3.09 bits per heavy atom. The molecule has 1 aromatic rings. The number of carbonyl (C=O) groups is 1. The lowest BCUT2D eigenvalue weighted by molar-refractivity contribution is 0.0650. The molecule has 0 saturated heterocycles. The normalized spacial score (nSPS) is 14.9. The first kappa shape index (κ1) is 6.39. The molecule has 4 heteroatoms. The lowest BCUT2D eigenvalue weighted by atomic mass is 10.2. The summed E-state index contributed by atoms with van der Waals surface area (Å²) in [5.41, 5.74) is 1.61. The average Bonchev–Trinajstić information content (AvgIpc) is 2.41. The fourth-order valence-corrected chi connectivity index (χ4v) is 1.40. The SMILES string of the molecule is O=C(O)c1onc2c1CCC2. The maximum atomic E-state index is 10.5. The van der Waals surface area contributed by atoms with Gasteiger partial charge in [0.25, 0.3) is 0 Å². The second-order valence-electron chi connectivity index (χ2n) is 2.60. The number of aryl methyl sites for hydroxylation is 1. The molecule has 1 N–H and O–H groups in total. The number of rotatable bonds is 1. The summed E-state index contributed by atoms with van der Waals surface area (Å²) in [7, 11) is 0. The maximum Gasteiger partial charge on any atom is 0.375 e. The lowest BCUT2D eigenvalue weighted by Crippen LogP contribution is -1.97. The first-order valence-corrected chi connectivity index (χ1v) is 3.50. The number of aromatic nitrogens is 1. The van der Waals surface area contributed by atoms with Crippen LogP contribution in [0.3, 0.4) is 0 Å². The summed E-state index contributed by atoms with van der Waals surface area (Å²) >= 11 is 0.